The Labute approximate surface area is 151 Å². The minimum absolute atomic E-state index is 0.831. The van der Waals surface area contributed by atoms with Crippen LogP contribution in [0.15, 0.2) is 36.9 Å². The lowest BCUT2D eigenvalue weighted by atomic mass is 10.1. The number of aromatic nitrogens is 6. The molecule has 0 saturated heterocycles. The maximum Gasteiger partial charge on any atom is 0.198 e. The topological polar surface area (TPSA) is 84.3 Å². The fourth-order valence-electron chi connectivity index (χ4n) is 2.92. The average molecular weight is 346 g/mol. The molecule has 0 aliphatic heterocycles. The van der Waals surface area contributed by atoms with Gasteiger partial charge in [0.25, 0.3) is 0 Å². The minimum atomic E-state index is 0.831. The van der Waals surface area contributed by atoms with Gasteiger partial charge >= 0.3 is 0 Å². The van der Waals surface area contributed by atoms with E-state index in [2.05, 4.69) is 49.7 Å². The quantitative estimate of drug-likeness (QED) is 0.560. The maximum atomic E-state index is 4.56. The highest BCUT2D eigenvalue weighted by Crippen LogP contribution is 2.29. The van der Waals surface area contributed by atoms with Crippen LogP contribution in [-0.4, -0.2) is 43.3 Å². The first-order chi connectivity index (χ1) is 12.8. The Hall–Kier alpha value is -3.06. The molecule has 0 aromatic carbocycles. The zero-order chi connectivity index (χ0) is 17.9. The van der Waals surface area contributed by atoms with Gasteiger partial charge in [-0.2, -0.15) is 5.10 Å². The first-order valence-corrected chi connectivity index (χ1v) is 8.67. The van der Waals surface area contributed by atoms with E-state index < -0.39 is 0 Å². The molecule has 2 N–H and O–H groups in total. The number of nitrogens with zero attached hydrogens (tertiary/aromatic N) is 5. The Morgan fingerprint density at radius 2 is 2.12 bits per heavy atom. The Bertz CT molecular complexity index is 1030. The van der Waals surface area contributed by atoms with E-state index in [1.807, 2.05) is 42.6 Å². The van der Waals surface area contributed by atoms with Gasteiger partial charge in [-0.25, -0.2) is 15.0 Å². The molecule has 1 radical (unpaired) electrons. The van der Waals surface area contributed by atoms with Crippen LogP contribution >= 0.6 is 0 Å². The molecule has 26 heavy (non-hydrogen) atoms. The number of H-pyrrole nitrogens is 1. The predicted octanol–water partition coefficient (Wildman–Crippen LogP) is 2.47. The van der Waals surface area contributed by atoms with Gasteiger partial charge in [-0.3, -0.25) is 4.68 Å². The van der Waals surface area contributed by atoms with E-state index in [-0.39, 0.29) is 0 Å². The molecule has 131 valence electrons. The molecule has 0 bridgehead atoms. The minimum Gasteiger partial charge on any atom is -0.345 e. The second-order valence-corrected chi connectivity index (χ2v) is 6.12. The van der Waals surface area contributed by atoms with Crippen molar-refractivity contribution in [2.75, 3.05) is 13.6 Å². The van der Waals surface area contributed by atoms with Crippen molar-refractivity contribution >= 4 is 11.0 Å². The third-order valence-corrected chi connectivity index (χ3v) is 4.39. The van der Waals surface area contributed by atoms with E-state index >= 15 is 0 Å². The highest BCUT2D eigenvalue weighted by molar-refractivity contribution is 5.94. The Morgan fingerprint density at radius 3 is 2.96 bits per heavy atom. The molecule has 7 nitrogen and oxygen atoms in total. The lowest BCUT2D eigenvalue weighted by Crippen LogP contribution is -2.14. The van der Waals surface area contributed by atoms with Crippen LogP contribution in [0.3, 0.4) is 0 Å². The number of pyridine rings is 1. The van der Waals surface area contributed by atoms with Crippen molar-refractivity contribution < 1.29 is 0 Å². The second kappa shape index (κ2) is 7.05. The molecule has 0 saturated carbocycles. The van der Waals surface area contributed by atoms with Gasteiger partial charge in [0.2, 0.25) is 0 Å². The van der Waals surface area contributed by atoms with Gasteiger partial charge in [-0.05, 0) is 25.6 Å². The van der Waals surface area contributed by atoms with Gasteiger partial charge in [0.1, 0.15) is 5.65 Å². The summed E-state index contributed by atoms with van der Waals surface area (Å²) in [5.74, 6) is 0. The van der Waals surface area contributed by atoms with Crippen molar-refractivity contribution in [2.24, 2.45) is 0 Å². The molecule has 4 rings (SSSR count). The summed E-state index contributed by atoms with van der Waals surface area (Å²) in [6.07, 6.45) is 11.3. The van der Waals surface area contributed by atoms with Crippen LogP contribution in [0, 0.1) is 6.33 Å². The molecular formula is C19H20N7. The van der Waals surface area contributed by atoms with Crippen molar-refractivity contribution in [1.29, 1.82) is 0 Å². The first-order valence-electron chi connectivity index (χ1n) is 8.67. The number of fused-ring (bicyclic) bond motifs is 1. The van der Waals surface area contributed by atoms with Gasteiger partial charge in [0, 0.05) is 52.9 Å². The molecule has 4 aromatic rings. The van der Waals surface area contributed by atoms with Crippen LogP contribution in [0.4, 0.5) is 0 Å². The van der Waals surface area contributed by atoms with E-state index in [9.17, 15) is 0 Å². The SMILES string of the molecule is CCc1cc(-c2c[nH]c3ncc(-c4cnn(CCNC)c4)cc23)n[c]n1. The van der Waals surface area contributed by atoms with Crippen LogP contribution in [-0.2, 0) is 13.0 Å². The number of aryl methyl sites for hydroxylation is 1. The molecule has 0 aliphatic carbocycles. The molecule has 0 atom stereocenters. The van der Waals surface area contributed by atoms with E-state index in [1.54, 1.807) is 0 Å². The van der Waals surface area contributed by atoms with E-state index in [0.29, 0.717) is 0 Å². The normalized spacial score (nSPS) is 11.3. The molecule has 4 aromatic heterocycles. The summed E-state index contributed by atoms with van der Waals surface area (Å²) >= 11 is 0. The van der Waals surface area contributed by atoms with Gasteiger partial charge in [-0.1, -0.05) is 6.92 Å². The fourth-order valence-corrected chi connectivity index (χ4v) is 2.92. The zero-order valence-electron chi connectivity index (χ0n) is 14.8. The number of nitrogens with one attached hydrogen (secondary N) is 2. The number of aromatic amines is 1. The number of hydrogen-bond acceptors (Lipinski definition) is 5. The number of rotatable bonds is 6. The highest BCUT2D eigenvalue weighted by atomic mass is 15.3. The number of hydrogen-bond donors (Lipinski definition) is 2. The van der Waals surface area contributed by atoms with Crippen LogP contribution < -0.4 is 5.32 Å². The smallest absolute Gasteiger partial charge is 0.198 e. The Balaban J connectivity index is 1.73. The molecule has 0 amide bonds. The van der Waals surface area contributed by atoms with Crippen LogP contribution in [0.5, 0.6) is 0 Å². The van der Waals surface area contributed by atoms with E-state index in [4.69, 9.17) is 0 Å². The summed E-state index contributed by atoms with van der Waals surface area (Å²) in [5, 5.41) is 8.57. The highest BCUT2D eigenvalue weighted by Gasteiger charge is 2.12. The number of likely N-dealkylation sites (N-methyl/N-ethyl adjacent to an activating group) is 1. The fraction of sp³-hybridized carbons (Fsp3) is 0.263. The van der Waals surface area contributed by atoms with E-state index in [1.165, 1.54) is 0 Å². The lowest BCUT2D eigenvalue weighted by Gasteiger charge is -2.02. The molecule has 0 fully saturated rings. The predicted molar refractivity (Wildman–Crippen MR) is 100 cm³/mol. The van der Waals surface area contributed by atoms with Crippen LogP contribution in [0.1, 0.15) is 12.6 Å². The van der Waals surface area contributed by atoms with Gasteiger partial charge in [0.05, 0.1) is 18.4 Å². The van der Waals surface area contributed by atoms with Crippen molar-refractivity contribution in [3.8, 4) is 22.4 Å². The van der Waals surface area contributed by atoms with Crippen molar-refractivity contribution in [2.45, 2.75) is 19.9 Å². The summed E-state index contributed by atoms with van der Waals surface area (Å²) < 4.78 is 1.93. The Morgan fingerprint density at radius 1 is 1.19 bits per heavy atom. The largest absolute Gasteiger partial charge is 0.345 e. The van der Waals surface area contributed by atoms with Crippen molar-refractivity contribution in [3.05, 3.63) is 48.9 Å². The van der Waals surface area contributed by atoms with Crippen LogP contribution in [0.25, 0.3) is 33.4 Å². The van der Waals surface area contributed by atoms with Crippen molar-refractivity contribution in [1.82, 2.24) is 35.0 Å². The standard InChI is InChI=1S/C19H20N7/c1-3-15-7-18(24-12-23-15)17-10-22-19-16(17)6-13(8-21-19)14-9-25-26(11-14)5-4-20-2/h6-11,20H,3-5H2,1-2H3,(H,21,22). The monoisotopic (exact) mass is 346 g/mol. The van der Waals surface area contributed by atoms with Crippen LogP contribution in [0.2, 0.25) is 0 Å². The van der Waals surface area contributed by atoms with Gasteiger partial charge < -0.3 is 10.3 Å². The molecule has 0 spiro atoms. The Kier molecular flexibility index (Phi) is 4.45. The van der Waals surface area contributed by atoms with E-state index in [0.717, 1.165) is 58.6 Å². The molecule has 7 heteroatoms. The summed E-state index contributed by atoms with van der Waals surface area (Å²) in [6.45, 7) is 3.78. The summed E-state index contributed by atoms with van der Waals surface area (Å²) in [7, 11) is 1.93. The zero-order valence-corrected chi connectivity index (χ0v) is 14.8. The lowest BCUT2D eigenvalue weighted by molar-refractivity contribution is 0.585. The first kappa shape index (κ1) is 16.4. The van der Waals surface area contributed by atoms with Crippen molar-refractivity contribution in [3.63, 3.8) is 0 Å². The van der Waals surface area contributed by atoms with Gasteiger partial charge in [0.15, 0.2) is 6.33 Å². The third-order valence-electron chi connectivity index (χ3n) is 4.39. The second-order valence-electron chi connectivity index (χ2n) is 6.12. The summed E-state index contributed by atoms with van der Waals surface area (Å²) in [6, 6.07) is 4.13. The maximum absolute atomic E-state index is 4.56. The van der Waals surface area contributed by atoms with Gasteiger partial charge in [-0.15, -0.1) is 0 Å². The molecule has 0 unspecified atom stereocenters. The molecular weight excluding hydrogens is 326 g/mol. The molecule has 0 aliphatic rings. The average Bonchev–Trinajstić information content (AvgIpc) is 3.33. The third kappa shape index (κ3) is 3.09. The molecule has 4 heterocycles. The summed E-state index contributed by atoms with van der Waals surface area (Å²) in [5.41, 5.74) is 5.74. The summed E-state index contributed by atoms with van der Waals surface area (Å²) in [4.78, 5) is 16.3.